The van der Waals surface area contributed by atoms with Crippen molar-refractivity contribution in [2.24, 2.45) is 16.8 Å². The predicted octanol–water partition coefficient (Wildman–Crippen LogP) is 4.16. The first-order valence-corrected chi connectivity index (χ1v) is 11.8. The highest BCUT2D eigenvalue weighted by Gasteiger charge is 2.39. The van der Waals surface area contributed by atoms with Crippen LogP contribution in [-0.2, 0) is 23.8 Å². The molecular formula is C25H41N3O6. The topological polar surface area (TPSA) is 129 Å². The van der Waals surface area contributed by atoms with Crippen LogP contribution in [-0.4, -0.2) is 48.6 Å². The van der Waals surface area contributed by atoms with Gasteiger partial charge in [0, 0.05) is 26.0 Å². The van der Waals surface area contributed by atoms with Crippen LogP contribution in [0.3, 0.4) is 0 Å². The van der Waals surface area contributed by atoms with E-state index in [9.17, 15) is 14.4 Å². The minimum atomic E-state index is -0.692. The molecule has 34 heavy (non-hydrogen) atoms. The molecule has 0 saturated carbocycles. The lowest BCUT2D eigenvalue weighted by atomic mass is 9.87. The van der Waals surface area contributed by atoms with Gasteiger partial charge in [0.2, 0.25) is 0 Å². The van der Waals surface area contributed by atoms with Gasteiger partial charge in [-0.15, -0.1) is 0 Å². The predicted molar refractivity (Wildman–Crippen MR) is 131 cm³/mol. The average Bonchev–Trinajstić information content (AvgIpc) is 2.87. The zero-order valence-corrected chi connectivity index (χ0v) is 21.4. The number of rotatable bonds is 11. The Hall–Kier alpha value is -2.68. The van der Waals surface area contributed by atoms with Crippen LogP contribution in [0.15, 0.2) is 28.4 Å². The number of hydrazone groups is 1. The maximum atomic E-state index is 11.7. The SMILES string of the molecule is CC(=O)OC/C=C1\CC[C@@H](OC(C)=O)[C@](C)(CCCC(C)/C(CC=C(C)C)=N\NC(N)=O)OC1. The van der Waals surface area contributed by atoms with Crippen LogP contribution in [0, 0.1) is 5.92 Å². The van der Waals surface area contributed by atoms with E-state index in [1.807, 2.05) is 26.8 Å². The fourth-order valence-corrected chi connectivity index (χ4v) is 3.82. The zero-order chi connectivity index (χ0) is 25.7. The highest BCUT2D eigenvalue weighted by atomic mass is 16.6. The van der Waals surface area contributed by atoms with Crippen molar-refractivity contribution in [1.82, 2.24) is 5.43 Å². The highest BCUT2D eigenvalue weighted by molar-refractivity contribution is 5.88. The van der Waals surface area contributed by atoms with E-state index in [1.165, 1.54) is 19.4 Å². The minimum Gasteiger partial charge on any atom is -0.462 e. The molecule has 1 fully saturated rings. The molecule has 0 bridgehead atoms. The standard InChI is InChI=1S/C25H41N3O6/c1-17(2)9-11-22(27-28-24(26)31)18(3)8-7-14-25(6)23(34-20(5)30)12-10-21(16-33-25)13-15-32-19(4)29/h9,13,18,23H,7-8,10-12,14-16H2,1-6H3,(H3,26,28,31)/b21-13+,27-22-/t18?,23-,25+/m1/s1. The fraction of sp³-hybridized carbons (Fsp3) is 0.680. The second-order valence-corrected chi connectivity index (χ2v) is 9.26. The number of nitrogens with zero attached hydrogens (tertiary/aromatic N) is 1. The second-order valence-electron chi connectivity index (χ2n) is 9.26. The summed E-state index contributed by atoms with van der Waals surface area (Å²) in [6, 6.07) is -0.692. The number of primary amides is 1. The molecule has 1 heterocycles. The van der Waals surface area contributed by atoms with E-state index >= 15 is 0 Å². The molecule has 0 aliphatic carbocycles. The summed E-state index contributed by atoms with van der Waals surface area (Å²) in [5.41, 5.74) is 9.90. The van der Waals surface area contributed by atoms with Gasteiger partial charge in [0.15, 0.2) is 0 Å². The normalized spacial score (nSPS) is 22.9. The molecule has 3 atom stereocenters. The van der Waals surface area contributed by atoms with Crippen LogP contribution in [0.2, 0.25) is 0 Å². The van der Waals surface area contributed by atoms with E-state index in [2.05, 4.69) is 23.5 Å². The van der Waals surface area contributed by atoms with Gasteiger partial charge < -0.3 is 19.9 Å². The van der Waals surface area contributed by atoms with Gasteiger partial charge in [-0.1, -0.05) is 18.6 Å². The van der Waals surface area contributed by atoms with E-state index in [0.717, 1.165) is 24.1 Å². The molecule has 3 N–H and O–H groups in total. The van der Waals surface area contributed by atoms with E-state index in [-0.39, 0.29) is 30.6 Å². The van der Waals surface area contributed by atoms with Crippen LogP contribution in [0.1, 0.15) is 80.1 Å². The summed E-state index contributed by atoms with van der Waals surface area (Å²) in [4.78, 5) is 33.9. The summed E-state index contributed by atoms with van der Waals surface area (Å²) in [5.74, 6) is -0.556. The van der Waals surface area contributed by atoms with Crippen molar-refractivity contribution >= 4 is 23.7 Å². The van der Waals surface area contributed by atoms with E-state index in [4.69, 9.17) is 19.9 Å². The van der Waals surface area contributed by atoms with Gasteiger partial charge in [-0.3, -0.25) is 9.59 Å². The summed E-state index contributed by atoms with van der Waals surface area (Å²) in [6.45, 7) is 11.4. The van der Waals surface area contributed by atoms with Gasteiger partial charge in [-0.25, -0.2) is 10.2 Å². The Labute approximate surface area is 203 Å². The molecule has 1 unspecified atom stereocenters. The van der Waals surface area contributed by atoms with E-state index in [0.29, 0.717) is 32.3 Å². The molecule has 1 saturated heterocycles. The number of hydrogen-bond donors (Lipinski definition) is 2. The van der Waals surface area contributed by atoms with Gasteiger partial charge in [0.1, 0.15) is 18.3 Å². The quantitative estimate of drug-likeness (QED) is 0.198. The van der Waals surface area contributed by atoms with Crippen LogP contribution >= 0.6 is 0 Å². The first-order chi connectivity index (χ1) is 15.9. The Bertz CT molecular complexity index is 800. The van der Waals surface area contributed by atoms with Gasteiger partial charge in [0.25, 0.3) is 0 Å². The van der Waals surface area contributed by atoms with Gasteiger partial charge >= 0.3 is 18.0 Å². The lowest BCUT2D eigenvalue weighted by molar-refractivity contribution is -0.167. The number of amides is 2. The lowest BCUT2D eigenvalue weighted by Gasteiger charge is -2.35. The molecule has 0 aromatic heterocycles. The summed E-state index contributed by atoms with van der Waals surface area (Å²) < 4.78 is 16.9. The Balaban J connectivity index is 2.85. The Morgan fingerprint density at radius 3 is 2.56 bits per heavy atom. The zero-order valence-electron chi connectivity index (χ0n) is 21.4. The number of allylic oxidation sites excluding steroid dienone is 2. The highest BCUT2D eigenvalue weighted by Crippen LogP contribution is 2.34. The number of esters is 2. The van der Waals surface area contributed by atoms with Crippen molar-refractivity contribution in [3.63, 3.8) is 0 Å². The molecular weight excluding hydrogens is 438 g/mol. The molecule has 2 amide bonds. The molecule has 1 aliphatic heterocycles. The largest absolute Gasteiger partial charge is 0.462 e. The number of urea groups is 1. The smallest absolute Gasteiger partial charge is 0.332 e. The number of carbonyl (C=O) groups is 3. The molecule has 9 heteroatoms. The third kappa shape index (κ3) is 11.4. The number of nitrogens with one attached hydrogen (secondary N) is 1. The van der Waals surface area contributed by atoms with Crippen molar-refractivity contribution < 1.29 is 28.6 Å². The molecule has 0 aromatic rings. The maximum Gasteiger partial charge on any atom is 0.332 e. The third-order valence-corrected chi connectivity index (χ3v) is 5.87. The monoisotopic (exact) mass is 479 g/mol. The van der Waals surface area contributed by atoms with Crippen LogP contribution in [0.4, 0.5) is 4.79 Å². The Kier molecular flexibility index (Phi) is 12.6. The number of carbonyl (C=O) groups excluding carboxylic acids is 3. The molecule has 1 rings (SSSR count). The summed E-state index contributed by atoms with van der Waals surface area (Å²) in [6.07, 6.45) is 7.82. The lowest BCUT2D eigenvalue weighted by Crippen LogP contribution is -2.43. The molecule has 0 spiro atoms. The van der Waals surface area contributed by atoms with E-state index < -0.39 is 11.6 Å². The number of ether oxygens (including phenoxy) is 3. The Morgan fingerprint density at radius 1 is 1.26 bits per heavy atom. The molecule has 0 aromatic carbocycles. The summed E-state index contributed by atoms with van der Waals surface area (Å²) in [5, 5.41) is 4.20. The number of hydrogen-bond acceptors (Lipinski definition) is 7. The van der Waals surface area contributed by atoms with Crippen molar-refractivity contribution in [2.45, 2.75) is 91.8 Å². The van der Waals surface area contributed by atoms with Crippen molar-refractivity contribution in [2.75, 3.05) is 13.2 Å². The number of nitrogens with two attached hydrogens (primary N) is 1. The average molecular weight is 480 g/mol. The minimum absolute atomic E-state index is 0.114. The summed E-state index contributed by atoms with van der Waals surface area (Å²) >= 11 is 0. The van der Waals surface area contributed by atoms with Crippen molar-refractivity contribution in [3.05, 3.63) is 23.3 Å². The molecule has 192 valence electrons. The van der Waals surface area contributed by atoms with Crippen molar-refractivity contribution in [3.8, 4) is 0 Å². The van der Waals surface area contributed by atoms with Crippen molar-refractivity contribution in [1.29, 1.82) is 0 Å². The fourth-order valence-electron chi connectivity index (χ4n) is 3.82. The van der Waals surface area contributed by atoms with Crippen LogP contribution in [0.25, 0.3) is 0 Å². The van der Waals surface area contributed by atoms with Gasteiger partial charge in [-0.05, 0) is 70.4 Å². The van der Waals surface area contributed by atoms with Gasteiger partial charge in [0.05, 0.1) is 6.61 Å². The molecule has 9 nitrogen and oxygen atoms in total. The first kappa shape index (κ1) is 29.4. The second kappa shape index (κ2) is 14.6. The molecule has 0 radical (unpaired) electrons. The Morgan fingerprint density at radius 2 is 1.97 bits per heavy atom. The first-order valence-electron chi connectivity index (χ1n) is 11.8. The van der Waals surface area contributed by atoms with Gasteiger partial charge in [-0.2, -0.15) is 5.10 Å². The van der Waals surface area contributed by atoms with Crippen LogP contribution < -0.4 is 11.2 Å². The summed E-state index contributed by atoms with van der Waals surface area (Å²) in [7, 11) is 0. The maximum absolute atomic E-state index is 11.7. The third-order valence-electron chi connectivity index (χ3n) is 5.87. The molecule has 1 aliphatic rings. The van der Waals surface area contributed by atoms with E-state index in [1.54, 1.807) is 0 Å². The van der Waals surface area contributed by atoms with Crippen LogP contribution in [0.5, 0.6) is 0 Å².